The van der Waals surface area contributed by atoms with Crippen LogP contribution < -0.4 is 0 Å². The number of hydrogen-bond acceptors (Lipinski definition) is 11. The number of aromatic amines is 1. The van der Waals surface area contributed by atoms with Crippen molar-refractivity contribution in [2.24, 2.45) is 5.11 Å². The Morgan fingerprint density at radius 3 is 2.44 bits per heavy atom. The fourth-order valence-corrected chi connectivity index (χ4v) is 5.91. The van der Waals surface area contributed by atoms with E-state index >= 15 is 0 Å². The molecule has 0 aliphatic carbocycles. The first-order valence-corrected chi connectivity index (χ1v) is 13.0. The zero-order chi connectivity index (χ0) is 24.5. The van der Waals surface area contributed by atoms with E-state index < -0.39 is 54.3 Å². The first-order valence-electron chi connectivity index (χ1n) is 7.67. The number of aliphatic hydroxyl groups excluding tert-OH is 1. The second-order valence-corrected chi connectivity index (χ2v) is 11.1. The molecule has 0 amide bonds. The lowest BCUT2D eigenvalue weighted by atomic mass is 10.1. The van der Waals surface area contributed by atoms with Crippen LogP contribution in [0.4, 0.5) is 4.39 Å². The standard InChI is InChI=1S/C9H13FN5O12P3S2/c10-5-6(16)9(13-14-11,25-7(5)15-2-1-4(31)12-8(15)32)3-24-29(20,21)27-30(22,23)26-28(17,18)19/h1-2,5-7,16H,3H2,(H,20,21)(H,22,23)(H,12,31,32)(H2,17,18,19)/t5-,6?,7+,9+/m0/s1. The Hall–Kier alpha value is -0.910. The molecule has 3 unspecified atom stereocenters. The van der Waals surface area contributed by atoms with Gasteiger partial charge in [0.05, 0.1) is 6.61 Å². The number of alkyl halides is 1. The van der Waals surface area contributed by atoms with E-state index in [0.29, 0.717) is 0 Å². The Morgan fingerprint density at radius 2 is 1.91 bits per heavy atom. The van der Waals surface area contributed by atoms with Gasteiger partial charge in [-0.3, -0.25) is 9.09 Å². The summed E-state index contributed by atoms with van der Waals surface area (Å²) >= 11 is 9.82. The lowest BCUT2D eigenvalue weighted by molar-refractivity contribution is -0.122. The van der Waals surface area contributed by atoms with E-state index in [4.69, 9.17) is 49.4 Å². The van der Waals surface area contributed by atoms with Crippen molar-refractivity contribution in [1.82, 2.24) is 9.55 Å². The number of rotatable bonds is 9. The number of ether oxygens (including phenoxy) is 1. The summed E-state index contributed by atoms with van der Waals surface area (Å²) < 4.78 is 66.2. The molecule has 17 nitrogen and oxygen atoms in total. The van der Waals surface area contributed by atoms with Crippen molar-refractivity contribution in [3.05, 3.63) is 32.1 Å². The van der Waals surface area contributed by atoms with Gasteiger partial charge in [-0.25, -0.2) is 18.1 Å². The molecule has 1 aromatic heterocycles. The number of phosphoric acid groups is 3. The maximum atomic E-state index is 14.8. The summed E-state index contributed by atoms with van der Waals surface area (Å²) in [5, 5.41) is 13.3. The molecule has 2 heterocycles. The summed E-state index contributed by atoms with van der Waals surface area (Å²) in [6.45, 7) is -1.44. The monoisotopic (exact) mass is 559 g/mol. The van der Waals surface area contributed by atoms with Crippen molar-refractivity contribution < 1.29 is 60.6 Å². The van der Waals surface area contributed by atoms with Gasteiger partial charge in [-0.2, -0.15) is 8.62 Å². The van der Waals surface area contributed by atoms with Gasteiger partial charge in [-0.1, -0.05) is 17.3 Å². The number of aromatic nitrogens is 2. The molecule has 6 N–H and O–H groups in total. The topological polar surface area (TPSA) is 259 Å². The van der Waals surface area contributed by atoms with Gasteiger partial charge in [0.2, 0.25) is 5.72 Å². The first kappa shape index (κ1) is 27.3. The van der Waals surface area contributed by atoms with E-state index in [9.17, 15) is 28.1 Å². The number of phosphoric ester groups is 1. The molecule has 0 saturated carbocycles. The van der Waals surface area contributed by atoms with Crippen LogP contribution in [0.2, 0.25) is 0 Å². The number of hydrogen-bond donors (Lipinski definition) is 6. The van der Waals surface area contributed by atoms with Crippen LogP contribution in [0.5, 0.6) is 0 Å². The van der Waals surface area contributed by atoms with Crippen LogP contribution in [0.15, 0.2) is 17.4 Å². The average molecular weight is 559 g/mol. The molecular formula is C9H13FN5O12P3S2. The van der Waals surface area contributed by atoms with Crippen LogP contribution in [0.25, 0.3) is 10.4 Å². The predicted octanol–water partition coefficient (Wildman–Crippen LogP) is 1.85. The molecule has 1 aliphatic heterocycles. The molecule has 32 heavy (non-hydrogen) atoms. The summed E-state index contributed by atoms with van der Waals surface area (Å²) in [4.78, 5) is 40.5. The SMILES string of the molecule is [N-]=[N+]=N[C@]1(COP(=O)(O)OP(=O)(O)OP(=O)(O)O)O[C@@H](n2ccc(=S)[nH]c2=S)[C@@H](F)C1O. The van der Waals surface area contributed by atoms with E-state index in [2.05, 4.69) is 28.2 Å². The van der Waals surface area contributed by atoms with Crippen LogP contribution in [0.3, 0.4) is 0 Å². The van der Waals surface area contributed by atoms with Gasteiger partial charge in [-0.05, 0) is 23.8 Å². The molecule has 1 aliphatic rings. The summed E-state index contributed by atoms with van der Waals surface area (Å²) in [5.41, 5.74) is 6.06. The van der Waals surface area contributed by atoms with Crippen LogP contribution in [-0.2, 0) is 31.6 Å². The molecule has 1 saturated heterocycles. The Labute approximate surface area is 186 Å². The lowest BCUT2D eigenvalue weighted by Gasteiger charge is -2.27. The summed E-state index contributed by atoms with van der Waals surface area (Å²) in [6, 6.07) is 1.28. The van der Waals surface area contributed by atoms with Crippen molar-refractivity contribution >= 4 is 47.9 Å². The van der Waals surface area contributed by atoms with Crippen LogP contribution in [0.1, 0.15) is 6.23 Å². The van der Waals surface area contributed by atoms with E-state index in [-0.39, 0.29) is 9.41 Å². The molecule has 0 bridgehead atoms. The van der Waals surface area contributed by atoms with Gasteiger partial charge < -0.3 is 34.4 Å². The molecular weight excluding hydrogens is 546 g/mol. The number of aliphatic hydroxyl groups is 1. The van der Waals surface area contributed by atoms with Crippen molar-refractivity contribution in [2.75, 3.05) is 6.61 Å². The smallest absolute Gasteiger partial charge is 0.387 e. The van der Waals surface area contributed by atoms with Crippen molar-refractivity contribution in [1.29, 1.82) is 0 Å². The highest BCUT2D eigenvalue weighted by atomic mass is 32.1. The number of nitrogens with one attached hydrogen (secondary N) is 1. The van der Waals surface area contributed by atoms with Crippen LogP contribution in [-0.4, -0.2) is 58.8 Å². The first-order chi connectivity index (χ1) is 14.5. The molecule has 0 spiro atoms. The Bertz CT molecular complexity index is 1180. The van der Waals surface area contributed by atoms with Gasteiger partial charge in [0.1, 0.15) is 10.7 Å². The van der Waals surface area contributed by atoms with E-state index in [0.717, 1.165) is 4.57 Å². The fraction of sp³-hybridized carbons (Fsp3) is 0.556. The van der Waals surface area contributed by atoms with Gasteiger partial charge in [0.15, 0.2) is 17.2 Å². The Balaban J connectivity index is 2.28. The summed E-state index contributed by atoms with van der Waals surface area (Å²) in [6.07, 6.45) is -5.24. The van der Waals surface area contributed by atoms with Gasteiger partial charge >= 0.3 is 23.5 Å². The Kier molecular flexibility index (Phi) is 8.33. The minimum Gasteiger partial charge on any atom is -0.387 e. The quantitative estimate of drug-likeness (QED) is 0.0830. The lowest BCUT2D eigenvalue weighted by Crippen LogP contribution is -2.44. The minimum atomic E-state index is -5.85. The summed E-state index contributed by atoms with van der Waals surface area (Å²) in [5.74, 6) is 0. The molecule has 0 radical (unpaired) electrons. The predicted molar refractivity (Wildman–Crippen MR) is 103 cm³/mol. The third-order valence-electron chi connectivity index (χ3n) is 3.55. The van der Waals surface area contributed by atoms with Crippen LogP contribution in [0, 0.1) is 9.41 Å². The third-order valence-corrected chi connectivity index (χ3v) is 7.88. The van der Waals surface area contributed by atoms with Gasteiger partial charge in [0, 0.05) is 11.1 Å². The number of azide groups is 1. The maximum Gasteiger partial charge on any atom is 0.490 e. The zero-order valence-electron chi connectivity index (χ0n) is 15.0. The average Bonchev–Trinajstić information content (AvgIpc) is 2.83. The van der Waals surface area contributed by atoms with Gasteiger partial charge in [0.25, 0.3) is 0 Å². The molecule has 1 fully saturated rings. The second-order valence-electron chi connectivity index (χ2n) is 5.81. The molecule has 0 aromatic carbocycles. The van der Waals surface area contributed by atoms with Crippen molar-refractivity contribution in [3.8, 4) is 0 Å². The number of nitrogens with zero attached hydrogens (tertiary/aromatic N) is 4. The number of H-pyrrole nitrogens is 1. The highest BCUT2D eigenvalue weighted by molar-refractivity contribution is 7.72. The van der Waals surface area contributed by atoms with Crippen molar-refractivity contribution in [3.63, 3.8) is 0 Å². The normalized spacial score (nSPS) is 29.6. The molecule has 1 aromatic rings. The number of halogens is 1. The maximum absolute atomic E-state index is 14.8. The van der Waals surface area contributed by atoms with Crippen LogP contribution >= 0.6 is 47.9 Å². The van der Waals surface area contributed by atoms with E-state index in [1.54, 1.807) is 0 Å². The molecule has 2 rings (SSSR count). The molecule has 180 valence electrons. The summed E-state index contributed by atoms with van der Waals surface area (Å²) in [7, 11) is -17.2. The molecule has 6 atom stereocenters. The highest BCUT2D eigenvalue weighted by Crippen LogP contribution is 2.66. The van der Waals surface area contributed by atoms with Crippen molar-refractivity contribution in [2.45, 2.75) is 24.2 Å². The molecule has 23 heteroatoms. The highest BCUT2D eigenvalue weighted by Gasteiger charge is 2.57. The largest absolute Gasteiger partial charge is 0.490 e. The van der Waals surface area contributed by atoms with Gasteiger partial charge in [-0.15, -0.1) is 0 Å². The second kappa shape index (κ2) is 9.76. The fourth-order valence-electron chi connectivity index (χ4n) is 2.37. The Morgan fingerprint density at radius 1 is 1.28 bits per heavy atom. The van der Waals surface area contributed by atoms with E-state index in [1.807, 2.05) is 0 Å². The minimum absolute atomic E-state index is 0.165. The zero-order valence-corrected chi connectivity index (χ0v) is 19.3. The third kappa shape index (κ3) is 6.80. The van der Waals surface area contributed by atoms with E-state index in [1.165, 1.54) is 12.3 Å².